The molecule has 144 valence electrons. The number of esters is 2. The highest BCUT2D eigenvalue weighted by Gasteiger charge is 2.19. The van der Waals surface area contributed by atoms with E-state index in [-0.39, 0.29) is 28.8 Å². The van der Waals surface area contributed by atoms with E-state index in [1.165, 1.54) is 25.3 Å². The summed E-state index contributed by atoms with van der Waals surface area (Å²) in [6, 6.07) is 6.09. The van der Waals surface area contributed by atoms with Crippen LogP contribution in [0.15, 0.2) is 24.3 Å². The van der Waals surface area contributed by atoms with Crippen molar-refractivity contribution in [1.82, 2.24) is 4.57 Å². The zero-order valence-electron chi connectivity index (χ0n) is 15.2. The molecule has 8 heteroatoms. The Labute approximate surface area is 167 Å². The molecule has 1 heterocycles. The number of carbonyl (C=O) groups is 3. The first-order chi connectivity index (χ1) is 12.7. The zero-order valence-corrected chi connectivity index (χ0v) is 16.7. The molecule has 0 aliphatic heterocycles. The van der Waals surface area contributed by atoms with Gasteiger partial charge in [-0.15, -0.1) is 0 Å². The average molecular weight is 412 g/mol. The first kappa shape index (κ1) is 21.0. The van der Waals surface area contributed by atoms with Gasteiger partial charge in [0.2, 0.25) is 5.78 Å². The molecular formula is C19H19Cl2NO5. The van der Waals surface area contributed by atoms with Crippen LogP contribution in [0.1, 0.15) is 38.5 Å². The van der Waals surface area contributed by atoms with Crippen molar-refractivity contribution in [3.05, 3.63) is 56.8 Å². The third-order valence-electron chi connectivity index (χ3n) is 4.13. The van der Waals surface area contributed by atoms with Crippen molar-refractivity contribution < 1.29 is 23.9 Å². The highest BCUT2D eigenvalue weighted by Crippen LogP contribution is 2.22. The standard InChI is InChI=1S/C19H19Cl2NO5/c1-11-8-15(12(2)22(11)7-6-18(24)26-3)17(23)10-27-19(25)14-5-4-13(20)9-16(14)21/h4-5,8-9H,6-7,10H2,1-3H3. The molecule has 0 aliphatic carbocycles. The van der Waals surface area contributed by atoms with Crippen LogP contribution in [0.2, 0.25) is 10.0 Å². The number of rotatable bonds is 7. The second-order valence-corrected chi connectivity index (χ2v) is 6.73. The largest absolute Gasteiger partial charge is 0.469 e. The minimum Gasteiger partial charge on any atom is -0.469 e. The number of nitrogens with zero attached hydrogens (tertiary/aromatic N) is 1. The second kappa shape index (κ2) is 9.06. The lowest BCUT2D eigenvalue weighted by molar-refractivity contribution is -0.140. The van der Waals surface area contributed by atoms with Gasteiger partial charge >= 0.3 is 11.9 Å². The number of carbonyl (C=O) groups excluding carboxylic acids is 3. The van der Waals surface area contributed by atoms with Gasteiger partial charge in [0.1, 0.15) is 0 Å². The average Bonchev–Trinajstić information content (AvgIpc) is 2.91. The van der Waals surface area contributed by atoms with E-state index in [1.807, 2.05) is 11.5 Å². The molecule has 27 heavy (non-hydrogen) atoms. The van der Waals surface area contributed by atoms with E-state index >= 15 is 0 Å². The van der Waals surface area contributed by atoms with Crippen LogP contribution in [0.5, 0.6) is 0 Å². The van der Waals surface area contributed by atoms with Crippen molar-refractivity contribution in [3.63, 3.8) is 0 Å². The summed E-state index contributed by atoms with van der Waals surface area (Å²) in [7, 11) is 1.33. The number of hydrogen-bond acceptors (Lipinski definition) is 5. The summed E-state index contributed by atoms with van der Waals surface area (Å²) in [4.78, 5) is 35.9. The third kappa shape index (κ3) is 5.11. The number of hydrogen-bond donors (Lipinski definition) is 0. The summed E-state index contributed by atoms with van der Waals surface area (Å²) >= 11 is 11.8. The van der Waals surface area contributed by atoms with Crippen LogP contribution in [0, 0.1) is 13.8 Å². The predicted molar refractivity (Wildman–Crippen MR) is 102 cm³/mol. The minimum atomic E-state index is -0.704. The molecule has 0 unspecified atom stereocenters. The van der Waals surface area contributed by atoms with Crippen molar-refractivity contribution in [2.45, 2.75) is 26.8 Å². The maximum Gasteiger partial charge on any atom is 0.340 e. The summed E-state index contributed by atoms with van der Waals surface area (Å²) in [6.45, 7) is 3.59. The fraction of sp³-hybridized carbons (Fsp3) is 0.316. The number of methoxy groups -OCH3 is 1. The number of Topliss-reactive ketones (excluding diaryl/α,β-unsaturated/α-hetero) is 1. The van der Waals surface area contributed by atoms with Crippen LogP contribution in [0.25, 0.3) is 0 Å². The smallest absolute Gasteiger partial charge is 0.340 e. The van der Waals surface area contributed by atoms with Gasteiger partial charge in [0.05, 0.1) is 24.1 Å². The Kier molecular flexibility index (Phi) is 7.05. The summed E-state index contributed by atoms with van der Waals surface area (Å²) in [5, 5.41) is 0.549. The highest BCUT2D eigenvalue weighted by atomic mass is 35.5. The molecule has 0 saturated carbocycles. The van der Waals surface area contributed by atoms with Crippen LogP contribution >= 0.6 is 23.2 Å². The minimum absolute atomic E-state index is 0.136. The summed E-state index contributed by atoms with van der Waals surface area (Å²) in [6.07, 6.45) is 0.199. The lowest BCUT2D eigenvalue weighted by Gasteiger charge is -2.09. The quantitative estimate of drug-likeness (QED) is 0.508. The van der Waals surface area contributed by atoms with Crippen LogP contribution in [0.3, 0.4) is 0 Å². The maximum absolute atomic E-state index is 12.5. The first-order valence-corrected chi connectivity index (χ1v) is 8.89. The van der Waals surface area contributed by atoms with Crippen LogP contribution in [-0.4, -0.2) is 36.0 Å². The third-order valence-corrected chi connectivity index (χ3v) is 4.67. The summed E-state index contributed by atoms with van der Waals surface area (Å²) in [5.41, 5.74) is 2.10. The van der Waals surface area contributed by atoms with Crippen LogP contribution in [0.4, 0.5) is 0 Å². The fourth-order valence-electron chi connectivity index (χ4n) is 2.67. The van der Waals surface area contributed by atoms with Gasteiger partial charge in [-0.1, -0.05) is 23.2 Å². The second-order valence-electron chi connectivity index (χ2n) is 5.89. The van der Waals surface area contributed by atoms with Gasteiger partial charge in [-0.25, -0.2) is 4.79 Å². The monoisotopic (exact) mass is 411 g/mol. The molecule has 0 radical (unpaired) electrons. The number of halogens is 2. The lowest BCUT2D eigenvalue weighted by Crippen LogP contribution is -2.15. The van der Waals surface area contributed by atoms with Gasteiger partial charge < -0.3 is 14.0 Å². The Hall–Kier alpha value is -2.31. The first-order valence-electron chi connectivity index (χ1n) is 8.13. The molecule has 1 aromatic heterocycles. The highest BCUT2D eigenvalue weighted by molar-refractivity contribution is 6.36. The van der Waals surface area contributed by atoms with E-state index in [4.69, 9.17) is 27.9 Å². The number of benzene rings is 1. The van der Waals surface area contributed by atoms with Gasteiger partial charge in [-0.05, 0) is 38.1 Å². The van der Waals surface area contributed by atoms with Gasteiger partial charge in [0.25, 0.3) is 0 Å². The van der Waals surface area contributed by atoms with Crippen molar-refractivity contribution in [1.29, 1.82) is 0 Å². The number of ether oxygens (including phenoxy) is 2. The molecule has 0 fully saturated rings. The molecule has 1 aromatic carbocycles. The molecule has 0 aliphatic rings. The Morgan fingerprint density at radius 3 is 2.41 bits per heavy atom. The van der Waals surface area contributed by atoms with Crippen molar-refractivity contribution in [2.24, 2.45) is 0 Å². The molecule has 2 aromatic rings. The van der Waals surface area contributed by atoms with Gasteiger partial charge in [0, 0.05) is 28.5 Å². The van der Waals surface area contributed by atoms with Crippen molar-refractivity contribution in [3.8, 4) is 0 Å². The van der Waals surface area contributed by atoms with Crippen LogP contribution in [-0.2, 0) is 20.8 Å². The molecule has 0 N–H and O–H groups in total. The summed E-state index contributed by atoms with van der Waals surface area (Å²) < 4.78 is 11.6. The normalized spacial score (nSPS) is 10.6. The molecule has 0 bridgehead atoms. The van der Waals surface area contributed by atoms with Crippen LogP contribution < -0.4 is 0 Å². The topological polar surface area (TPSA) is 74.6 Å². The van der Waals surface area contributed by atoms with E-state index in [0.29, 0.717) is 22.8 Å². The molecule has 6 nitrogen and oxygen atoms in total. The Bertz CT molecular complexity index is 888. The van der Waals surface area contributed by atoms with Gasteiger partial charge in [-0.2, -0.15) is 0 Å². The zero-order chi connectivity index (χ0) is 20.1. The molecule has 0 saturated heterocycles. The Morgan fingerprint density at radius 1 is 1.07 bits per heavy atom. The Morgan fingerprint density at radius 2 is 1.78 bits per heavy atom. The van der Waals surface area contributed by atoms with Gasteiger partial charge in [0.15, 0.2) is 6.61 Å². The van der Waals surface area contributed by atoms with Crippen molar-refractivity contribution >= 4 is 40.9 Å². The van der Waals surface area contributed by atoms with E-state index < -0.39 is 12.6 Å². The lowest BCUT2D eigenvalue weighted by atomic mass is 10.1. The SMILES string of the molecule is COC(=O)CCn1c(C)cc(C(=O)COC(=O)c2ccc(Cl)cc2Cl)c1C. The Balaban J connectivity index is 2.05. The molecule has 2 rings (SSSR count). The molecule has 0 atom stereocenters. The number of aryl methyl sites for hydroxylation is 1. The summed E-state index contributed by atoms with van der Waals surface area (Å²) in [5.74, 6) is -1.38. The van der Waals surface area contributed by atoms with E-state index in [2.05, 4.69) is 4.74 Å². The fourth-order valence-corrected chi connectivity index (χ4v) is 3.16. The number of ketones is 1. The molecule has 0 spiro atoms. The predicted octanol–water partition coefficient (Wildman–Crippen LogP) is 4.01. The molecular weight excluding hydrogens is 393 g/mol. The van der Waals surface area contributed by atoms with Gasteiger partial charge in [-0.3, -0.25) is 9.59 Å². The van der Waals surface area contributed by atoms with Crippen molar-refractivity contribution in [2.75, 3.05) is 13.7 Å². The molecule has 0 amide bonds. The van der Waals surface area contributed by atoms with E-state index in [0.717, 1.165) is 5.69 Å². The van der Waals surface area contributed by atoms with E-state index in [9.17, 15) is 14.4 Å². The van der Waals surface area contributed by atoms with E-state index in [1.54, 1.807) is 13.0 Å². The maximum atomic E-state index is 12.5. The number of aromatic nitrogens is 1.